The second kappa shape index (κ2) is 7.55. The predicted molar refractivity (Wildman–Crippen MR) is 50.5 cm³/mol. The van der Waals surface area contributed by atoms with Crippen molar-refractivity contribution in [3.63, 3.8) is 0 Å². The molecule has 1 atom stereocenters. The molecular formula is C8H15BrO3. The van der Waals surface area contributed by atoms with E-state index in [1.165, 1.54) is 6.92 Å². The van der Waals surface area contributed by atoms with Crippen LogP contribution in [-0.2, 0) is 14.3 Å². The van der Waals surface area contributed by atoms with Gasteiger partial charge in [0, 0.05) is 25.8 Å². The van der Waals surface area contributed by atoms with Crippen molar-refractivity contribution in [3.8, 4) is 0 Å². The van der Waals surface area contributed by atoms with E-state index in [4.69, 9.17) is 9.47 Å². The Morgan fingerprint density at radius 2 is 2.17 bits per heavy atom. The lowest BCUT2D eigenvalue weighted by Crippen LogP contribution is -2.15. The van der Waals surface area contributed by atoms with Gasteiger partial charge in [0.15, 0.2) is 0 Å². The monoisotopic (exact) mass is 238 g/mol. The van der Waals surface area contributed by atoms with Crippen LogP contribution >= 0.6 is 15.9 Å². The van der Waals surface area contributed by atoms with Crippen LogP contribution < -0.4 is 0 Å². The largest absolute Gasteiger partial charge is 0.466 e. The number of ether oxygens (including phenoxy) is 2. The van der Waals surface area contributed by atoms with Gasteiger partial charge in [-0.3, -0.25) is 4.79 Å². The zero-order valence-corrected chi connectivity index (χ0v) is 9.09. The van der Waals surface area contributed by atoms with Gasteiger partial charge in [-0.2, -0.15) is 0 Å². The average molecular weight is 239 g/mol. The van der Waals surface area contributed by atoms with Gasteiger partial charge >= 0.3 is 5.97 Å². The van der Waals surface area contributed by atoms with Gasteiger partial charge in [-0.15, -0.1) is 0 Å². The first-order chi connectivity index (χ1) is 5.70. The van der Waals surface area contributed by atoms with Crippen LogP contribution in [0.15, 0.2) is 0 Å². The van der Waals surface area contributed by atoms with Crippen molar-refractivity contribution < 1.29 is 14.3 Å². The molecule has 1 unspecified atom stereocenters. The minimum Gasteiger partial charge on any atom is -0.466 e. The van der Waals surface area contributed by atoms with E-state index in [-0.39, 0.29) is 12.1 Å². The van der Waals surface area contributed by atoms with Gasteiger partial charge in [-0.05, 0) is 6.42 Å². The number of hydrogen-bond donors (Lipinski definition) is 0. The van der Waals surface area contributed by atoms with Gasteiger partial charge < -0.3 is 9.47 Å². The third-order valence-electron chi connectivity index (χ3n) is 1.51. The summed E-state index contributed by atoms with van der Waals surface area (Å²) in [5, 5.41) is 0.908. The van der Waals surface area contributed by atoms with Crippen LogP contribution in [0.1, 0.15) is 19.8 Å². The van der Waals surface area contributed by atoms with Gasteiger partial charge in [0.25, 0.3) is 0 Å². The summed E-state index contributed by atoms with van der Waals surface area (Å²) in [6, 6.07) is 0. The minimum atomic E-state index is -0.233. The molecule has 0 aromatic heterocycles. The van der Waals surface area contributed by atoms with Crippen molar-refractivity contribution in [1.29, 1.82) is 0 Å². The highest BCUT2D eigenvalue weighted by Crippen LogP contribution is 2.05. The van der Waals surface area contributed by atoms with Crippen LogP contribution in [0.3, 0.4) is 0 Å². The Hall–Kier alpha value is -0.0900. The van der Waals surface area contributed by atoms with Crippen molar-refractivity contribution in [2.24, 2.45) is 0 Å². The first-order valence-electron chi connectivity index (χ1n) is 3.92. The normalized spacial score (nSPS) is 12.6. The molecule has 0 rings (SSSR count). The van der Waals surface area contributed by atoms with E-state index in [1.54, 1.807) is 7.11 Å². The molecule has 0 spiro atoms. The van der Waals surface area contributed by atoms with E-state index < -0.39 is 0 Å². The molecule has 0 aromatic carbocycles. The Kier molecular flexibility index (Phi) is 7.50. The van der Waals surface area contributed by atoms with E-state index in [2.05, 4.69) is 15.9 Å². The highest BCUT2D eigenvalue weighted by molar-refractivity contribution is 9.09. The van der Waals surface area contributed by atoms with Crippen LogP contribution in [0.4, 0.5) is 0 Å². The lowest BCUT2D eigenvalue weighted by molar-refractivity contribution is -0.141. The Morgan fingerprint density at radius 3 is 2.58 bits per heavy atom. The fraction of sp³-hybridized carbons (Fsp3) is 0.875. The predicted octanol–water partition coefficient (Wildman–Crippen LogP) is 1.74. The molecule has 0 saturated carbocycles. The summed E-state index contributed by atoms with van der Waals surface area (Å²) in [6.07, 6.45) is 1.89. The quantitative estimate of drug-likeness (QED) is 0.523. The molecule has 0 aromatic rings. The second-order valence-electron chi connectivity index (χ2n) is 2.46. The SMILES string of the molecule is COC(CCBr)CCOC(C)=O. The molecule has 0 saturated heterocycles. The Morgan fingerprint density at radius 1 is 1.50 bits per heavy atom. The highest BCUT2D eigenvalue weighted by Gasteiger charge is 2.06. The summed E-state index contributed by atoms with van der Waals surface area (Å²) in [7, 11) is 1.67. The topological polar surface area (TPSA) is 35.5 Å². The molecule has 12 heavy (non-hydrogen) atoms. The Bertz CT molecular complexity index is 127. The fourth-order valence-corrected chi connectivity index (χ4v) is 1.35. The van der Waals surface area contributed by atoms with Crippen molar-refractivity contribution in [2.75, 3.05) is 19.0 Å². The molecule has 0 fully saturated rings. The van der Waals surface area contributed by atoms with Gasteiger partial charge in [0.2, 0.25) is 0 Å². The van der Waals surface area contributed by atoms with Crippen molar-refractivity contribution in [2.45, 2.75) is 25.9 Å². The molecule has 0 N–H and O–H groups in total. The lowest BCUT2D eigenvalue weighted by Gasteiger charge is -2.12. The maximum Gasteiger partial charge on any atom is 0.302 e. The molecule has 3 nitrogen and oxygen atoms in total. The molecule has 0 aliphatic rings. The summed E-state index contributed by atoms with van der Waals surface area (Å²) in [5.41, 5.74) is 0. The maximum absolute atomic E-state index is 10.4. The summed E-state index contributed by atoms with van der Waals surface area (Å²) >= 11 is 3.32. The van der Waals surface area contributed by atoms with Gasteiger partial charge in [0.1, 0.15) is 0 Å². The zero-order valence-electron chi connectivity index (χ0n) is 7.51. The third-order valence-corrected chi connectivity index (χ3v) is 1.97. The van der Waals surface area contributed by atoms with E-state index in [0.717, 1.165) is 18.2 Å². The first kappa shape index (κ1) is 11.9. The molecule has 0 radical (unpaired) electrons. The number of hydrogen-bond acceptors (Lipinski definition) is 3. The minimum absolute atomic E-state index is 0.184. The number of carbonyl (C=O) groups is 1. The van der Waals surface area contributed by atoms with Crippen LogP contribution in [-0.4, -0.2) is 31.1 Å². The number of esters is 1. The van der Waals surface area contributed by atoms with Gasteiger partial charge in [0.05, 0.1) is 12.7 Å². The lowest BCUT2D eigenvalue weighted by atomic mass is 10.2. The van der Waals surface area contributed by atoms with E-state index in [9.17, 15) is 4.79 Å². The van der Waals surface area contributed by atoms with Crippen molar-refractivity contribution in [3.05, 3.63) is 0 Å². The van der Waals surface area contributed by atoms with Gasteiger partial charge in [-0.1, -0.05) is 15.9 Å². The number of alkyl halides is 1. The highest BCUT2D eigenvalue weighted by atomic mass is 79.9. The smallest absolute Gasteiger partial charge is 0.302 e. The van der Waals surface area contributed by atoms with Crippen LogP contribution in [0.25, 0.3) is 0 Å². The molecule has 0 aliphatic carbocycles. The summed E-state index contributed by atoms with van der Waals surface area (Å²) in [4.78, 5) is 10.4. The molecule has 0 amide bonds. The van der Waals surface area contributed by atoms with E-state index in [1.807, 2.05) is 0 Å². The molecule has 4 heteroatoms. The molecule has 0 bridgehead atoms. The van der Waals surface area contributed by atoms with E-state index >= 15 is 0 Å². The van der Waals surface area contributed by atoms with Crippen LogP contribution in [0.2, 0.25) is 0 Å². The van der Waals surface area contributed by atoms with Crippen LogP contribution in [0, 0.1) is 0 Å². The Labute approximate surface area is 81.6 Å². The fourth-order valence-electron chi connectivity index (χ4n) is 0.836. The Balaban J connectivity index is 3.37. The van der Waals surface area contributed by atoms with Crippen molar-refractivity contribution >= 4 is 21.9 Å². The molecular weight excluding hydrogens is 224 g/mol. The molecule has 0 aliphatic heterocycles. The molecule has 0 heterocycles. The molecule has 72 valence electrons. The van der Waals surface area contributed by atoms with E-state index in [0.29, 0.717) is 6.61 Å². The van der Waals surface area contributed by atoms with Gasteiger partial charge in [-0.25, -0.2) is 0 Å². The van der Waals surface area contributed by atoms with Crippen LogP contribution in [0.5, 0.6) is 0 Å². The number of rotatable bonds is 6. The first-order valence-corrected chi connectivity index (χ1v) is 5.05. The third kappa shape index (κ3) is 6.61. The zero-order chi connectivity index (χ0) is 9.40. The number of carbonyl (C=O) groups excluding carboxylic acids is 1. The summed E-state index contributed by atoms with van der Waals surface area (Å²) in [6.45, 7) is 1.85. The second-order valence-corrected chi connectivity index (χ2v) is 3.26. The number of halogens is 1. The summed E-state index contributed by atoms with van der Waals surface area (Å²) in [5.74, 6) is -0.233. The standard InChI is InChI=1S/C8H15BrO3/c1-7(10)12-6-4-8(11-2)3-5-9/h8H,3-6H2,1-2H3. The maximum atomic E-state index is 10.4. The number of methoxy groups -OCH3 is 1. The summed E-state index contributed by atoms with van der Waals surface area (Å²) < 4.78 is 9.94. The average Bonchev–Trinajstić information content (AvgIpc) is 2.02. The van der Waals surface area contributed by atoms with Crippen molar-refractivity contribution in [1.82, 2.24) is 0 Å².